The van der Waals surface area contributed by atoms with Crippen molar-refractivity contribution in [1.29, 1.82) is 0 Å². The highest BCUT2D eigenvalue weighted by atomic mass is 16.5. The normalized spacial score (nSPS) is 29.3. The van der Waals surface area contributed by atoms with Gasteiger partial charge in [-0.1, -0.05) is 0 Å². The Hall–Kier alpha value is -3.28. The van der Waals surface area contributed by atoms with Crippen LogP contribution in [0.1, 0.15) is 25.3 Å². The lowest BCUT2D eigenvalue weighted by Crippen LogP contribution is -2.28. The highest BCUT2D eigenvalue weighted by Crippen LogP contribution is 2.31. The average molecular weight is 480 g/mol. The molecular formula is C18H24N8O8. The van der Waals surface area contributed by atoms with E-state index in [2.05, 4.69) is 20.2 Å². The van der Waals surface area contributed by atoms with E-state index in [0.717, 1.165) is 9.13 Å². The Morgan fingerprint density at radius 2 is 1.24 bits per heavy atom. The number of aliphatic hydroxyl groups is 4. The van der Waals surface area contributed by atoms with Gasteiger partial charge in [0.05, 0.1) is 25.4 Å². The molecule has 2 fully saturated rings. The molecule has 16 nitrogen and oxygen atoms in total. The minimum absolute atomic E-state index is 0.0322. The topological polar surface area (TPSA) is 246 Å². The van der Waals surface area contributed by atoms with Crippen molar-refractivity contribution in [3.63, 3.8) is 0 Å². The number of anilines is 2. The fourth-order valence-corrected chi connectivity index (χ4v) is 3.72. The van der Waals surface area contributed by atoms with E-state index in [-0.39, 0.29) is 35.9 Å². The monoisotopic (exact) mass is 480 g/mol. The standard InChI is InChI=1S/C18H24N8O8/c19-15-7(3-25(17(31)21-15)13-1-9(29)11(5-27)33-13)23-24-8-4-26(18(32)22-16(8)20)14-2-10(30)12(6-28)34-14/h3-4,9-14,27-30H,1-2,5-6H2,(H2,19,21,31)(H2,20,22,32). The molecule has 8 N–H and O–H groups in total. The quantitative estimate of drug-likeness (QED) is 0.238. The van der Waals surface area contributed by atoms with Gasteiger partial charge < -0.3 is 41.4 Å². The molecule has 2 aliphatic rings. The van der Waals surface area contributed by atoms with Crippen molar-refractivity contribution in [2.75, 3.05) is 24.7 Å². The lowest BCUT2D eigenvalue weighted by molar-refractivity contribution is -0.0458. The van der Waals surface area contributed by atoms with Crippen LogP contribution < -0.4 is 22.8 Å². The van der Waals surface area contributed by atoms with E-state index in [1.165, 1.54) is 12.4 Å². The van der Waals surface area contributed by atoms with Gasteiger partial charge in [-0.2, -0.15) is 9.97 Å². The third-order valence-corrected chi connectivity index (χ3v) is 5.58. The smallest absolute Gasteiger partial charge is 0.351 e. The summed E-state index contributed by atoms with van der Waals surface area (Å²) in [5.41, 5.74) is 10.0. The third kappa shape index (κ3) is 4.54. The first-order valence-electron chi connectivity index (χ1n) is 10.3. The van der Waals surface area contributed by atoms with Crippen molar-refractivity contribution >= 4 is 23.0 Å². The van der Waals surface area contributed by atoms with Crippen LogP contribution >= 0.6 is 0 Å². The van der Waals surface area contributed by atoms with Crippen molar-refractivity contribution < 1.29 is 29.9 Å². The lowest BCUT2D eigenvalue weighted by Gasteiger charge is -2.15. The molecule has 0 aromatic carbocycles. The fourth-order valence-electron chi connectivity index (χ4n) is 3.72. The largest absolute Gasteiger partial charge is 0.394 e. The summed E-state index contributed by atoms with van der Waals surface area (Å²) in [6.45, 7) is -0.853. The molecule has 0 radical (unpaired) electrons. The second-order valence-electron chi connectivity index (χ2n) is 7.83. The summed E-state index contributed by atoms with van der Waals surface area (Å²) in [4.78, 5) is 31.9. The molecule has 184 valence electrons. The number of hydrogen-bond acceptors (Lipinski definition) is 14. The summed E-state index contributed by atoms with van der Waals surface area (Å²) in [5.74, 6) is -0.481. The highest BCUT2D eigenvalue weighted by molar-refractivity contribution is 5.58. The Kier molecular flexibility index (Phi) is 6.69. The van der Waals surface area contributed by atoms with Gasteiger partial charge in [-0.3, -0.25) is 9.13 Å². The molecule has 0 spiro atoms. The van der Waals surface area contributed by atoms with Gasteiger partial charge in [-0.05, 0) is 0 Å². The Morgan fingerprint density at radius 3 is 1.56 bits per heavy atom. The molecular weight excluding hydrogens is 456 g/mol. The van der Waals surface area contributed by atoms with Crippen molar-refractivity contribution in [3.05, 3.63) is 33.4 Å². The molecule has 2 saturated heterocycles. The van der Waals surface area contributed by atoms with E-state index in [4.69, 9.17) is 20.9 Å². The summed E-state index contributed by atoms with van der Waals surface area (Å²) in [5, 5.41) is 46.3. The maximum atomic E-state index is 12.3. The molecule has 0 saturated carbocycles. The molecule has 6 unspecified atom stereocenters. The Labute approximate surface area is 190 Å². The van der Waals surface area contributed by atoms with Crippen LogP contribution in [0.15, 0.2) is 32.2 Å². The summed E-state index contributed by atoms with van der Waals surface area (Å²) >= 11 is 0. The maximum absolute atomic E-state index is 12.3. The fraction of sp³-hybridized carbons (Fsp3) is 0.556. The Balaban J connectivity index is 1.63. The molecule has 4 heterocycles. The summed E-state index contributed by atoms with van der Waals surface area (Å²) in [7, 11) is 0. The van der Waals surface area contributed by atoms with Gasteiger partial charge in [-0.25, -0.2) is 9.59 Å². The van der Waals surface area contributed by atoms with Gasteiger partial charge in [0.15, 0.2) is 11.6 Å². The number of aliphatic hydroxyl groups excluding tert-OH is 4. The molecule has 6 atom stereocenters. The van der Waals surface area contributed by atoms with Gasteiger partial charge in [0.2, 0.25) is 0 Å². The van der Waals surface area contributed by atoms with Crippen LogP contribution in [0.25, 0.3) is 0 Å². The molecule has 2 aliphatic heterocycles. The molecule has 0 aliphatic carbocycles. The zero-order valence-corrected chi connectivity index (χ0v) is 17.7. The first-order valence-corrected chi connectivity index (χ1v) is 10.3. The number of aromatic nitrogens is 4. The molecule has 0 bridgehead atoms. The number of nitrogen functional groups attached to an aromatic ring is 2. The van der Waals surface area contributed by atoms with E-state index >= 15 is 0 Å². The van der Waals surface area contributed by atoms with E-state index in [1.807, 2.05) is 0 Å². The van der Waals surface area contributed by atoms with Crippen molar-refractivity contribution in [3.8, 4) is 0 Å². The van der Waals surface area contributed by atoms with Crippen LogP contribution in [0.5, 0.6) is 0 Å². The zero-order chi connectivity index (χ0) is 24.6. The SMILES string of the molecule is Nc1nc(=O)n(C2CC(O)C(CO)O2)cc1N=Nc1cn(C2CC(O)C(CO)O2)c(=O)nc1N. The first-order chi connectivity index (χ1) is 16.2. The predicted octanol–water partition coefficient (Wildman–Crippen LogP) is -2.34. The number of ether oxygens (including phenoxy) is 2. The van der Waals surface area contributed by atoms with Crippen molar-refractivity contribution in [1.82, 2.24) is 19.1 Å². The number of rotatable bonds is 6. The lowest BCUT2D eigenvalue weighted by atomic mass is 10.2. The number of nitrogens with two attached hydrogens (primary N) is 2. The van der Waals surface area contributed by atoms with Crippen LogP contribution in [-0.2, 0) is 9.47 Å². The minimum atomic E-state index is -0.974. The van der Waals surface area contributed by atoms with Crippen molar-refractivity contribution in [2.24, 2.45) is 10.2 Å². The predicted molar refractivity (Wildman–Crippen MR) is 113 cm³/mol. The summed E-state index contributed by atoms with van der Waals surface area (Å²) in [6.07, 6.45) is -2.92. The van der Waals surface area contributed by atoms with Crippen LogP contribution in [0, 0.1) is 0 Å². The van der Waals surface area contributed by atoms with Gasteiger partial charge >= 0.3 is 11.4 Å². The highest BCUT2D eigenvalue weighted by Gasteiger charge is 2.36. The van der Waals surface area contributed by atoms with Gasteiger partial charge in [-0.15, -0.1) is 10.2 Å². The summed E-state index contributed by atoms with van der Waals surface area (Å²) < 4.78 is 13.1. The Morgan fingerprint density at radius 1 is 0.853 bits per heavy atom. The second kappa shape index (κ2) is 9.53. The van der Waals surface area contributed by atoms with Gasteiger partial charge in [0.25, 0.3) is 0 Å². The van der Waals surface area contributed by atoms with Crippen molar-refractivity contribution in [2.45, 2.75) is 49.7 Å². The molecule has 34 heavy (non-hydrogen) atoms. The number of nitrogens with zero attached hydrogens (tertiary/aromatic N) is 6. The molecule has 2 aromatic rings. The molecule has 2 aromatic heterocycles. The molecule has 0 amide bonds. The third-order valence-electron chi connectivity index (χ3n) is 5.58. The van der Waals surface area contributed by atoms with E-state index in [9.17, 15) is 30.0 Å². The average Bonchev–Trinajstić information content (AvgIpc) is 3.35. The Bertz CT molecular complexity index is 1110. The van der Waals surface area contributed by atoms with Crippen LogP contribution in [0.4, 0.5) is 23.0 Å². The number of hydrogen-bond donors (Lipinski definition) is 6. The maximum Gasteiger partial charge on any atom is 0.351 e. The number of azo groups is 1. The molecule has 4 rings (SSSR count). The van der Waals surface area contributed by atoms with E-state index < -0.39 is 61.5 Å². The molecule has 16 heteroatoms. The van der Waals surface area contributed by atoms with Crippen LogP contribution in [0.2, 0.25) is 0 Å². The summed E-state index contributed by atoms with van der Waals surface area (Å²) in [6, 6.07) is 0. The van der Waals surface area contributed by atoms with E-state index in [1.54, 1.807) is 0 Å². The zero-order valence-electron chi connectivity index (χ0n) is 17.7. The first kappa shape index (κ1) is 23.9. The van der Waals surface area contributed by atoms with Gasteiger partial charge in [0.1, 0.15) is 36.0 Å². The second-order valence-corrected chi connectivity index (χ2v) is 7.83. The van der Waals surface area contributed by atoms with Crippen LogP contribution in [-0.4, -0.2) is 77.2 Å². The van der Waals surface area contributed by atoms with Gasteiger partial charge in [0, 0.05) is 25.2 Å². The minimum Gasteiger partial charge on any atom is -0.394 e. The van der Waals surface area contributed by atoms with Crippen LogP contribution in [0.3, 0.4) is 0 Å². The van der Waals surface area contributed by atoms with E-state index in [0.29, 0.717) is 0 Å².